The molecule has 4 heteroatoms. The summed E-state index contributed by atoms with van der Waals surface area (Å²) in [5, 5.41) is 8.29. The van der Waals surface area contributed by atoms with Crippen LogP contribution in [0.2, 0.25) is 0 Å². The molecule has 0 spiro atoms. The van der Waals surface area contributed by atoms with E-state index in [0.717, 1.165) is 17.0 Å². The fraction of sp³-hybridized carbons (Fsp3) is 0.500. The Morgan fingerprint density at radius 1 is 1.58 bits per heavy atom. The van der Waals surface area contributed by atoms with Crippen LogP contribution in [0, 0.1) is 0 Å². The van der Waals surface area contributed by atoms with Gasteiger partial charge < -0.3 is 5.11 Å². The number of hydrogen-bond donors (Lipinski definition) is 1. The zero-order chi connectivity index (χ0) is 9.40. The van der Waals surface area contributed by atoms with Crippen molar-refractivity contribution in [2.75, 3.05) is 6.26 Å². The van der Waals surface area contributed by atoms with Gasteiger partial charge in [0.05, 0.1) is 6.42 Å². The highest BCUT2D eigenvalue weighted by Crippen LogP contribution is 2.05. The molecule has 0 fully saturated rings. The maximum absolute atomic E-state index is 10.1. The molecule has 68 valence electrons. The molecular weight excluding hydrogens is 192 g/mol. The highest BCUT2D eigenvalue weighted by molar-refractivity contribution is 8.22. The van der Waals surface area contributed by atoms with Gasteiger partial charge in [0.1, 0.15) is 0 Å². The lowest BCUT2D eigenvalue weighted by molar-refractivity contribution is -0.136. The van der Waals surface area contributed by atoms with Crippen LogP contribution in [0.3, 0.4) is 0 Å². The molecule has 0 aromatic heterocycles. The summed E-state index contributed by atoms with van der Waals surface area (Å²) in [4.78, 5) is 10.1. The second-order valence-electron chi connectivity index (χ2n) is 2.18. The molecule has 1 N–H and O–H groups in total. The first-order valence-electron chi connectivity index (χ1n) is 3.60. The zero-order valence-electron chi connectivity index (χ0n) is 6.95. The summed E-state index contributed by atoms with van der Waals surface area (Å²) in [7, 11) is 0. The van der Waals surface area contributed by atoms with Crippen LogP contribution < -0.4 is 0 Å². The van der Waals surface area contributed by atoms with E-state index in [-0.39, 0.29) is 6.42 Å². The van der Waals surface area contributed by atoms with E-state index < -0.39 is 5.97 Å². The molecule has 0 saturated carbocycles. The molecule has 0 amide bonds. The predicted octanol–water partition coefficient (Wildman–Crippen LogP) is 2.49. The molecule has 0 aromatic carbocycles. The zero-order valence-corrected chi connectivity index (χ0v) is 8.58. The van der Waals surface area contributed by atoms with Crippen molar-refractivity contribution in [3.05, 3.63) is 12.2 Å². The van der Waals surface area contributed by atoms with Crippen LogP contribution in [-0.4, -0.2) is 21.5 Å². The topological polar surface area (TPSA) is 37.3 Å². The van der Waals surface area contributed by atoms with Crippen molar-refractivity contribution in [2.24, 2.45) is 0 Å². The summed E-state index contributed by atoms with van der Waals surface area (Å²) in [5.41, 5.74) is 0. The van der Waals surface area contributed by atoms with Crippen LogP contribution in [0.25, 0.3) is 0 Å². The standard InChI is InChI=1S/C8H12O2S2/c1-12-8(11)6-4-2-3-5-7(9)10/h2-3H,4-6H2,1H3,(H,9,10). The Morgan fingerprint density at radius 3 is 2.75 bits per heavy atom. The minimum atomic E-state index is -0.793. The van der Waals surface area contributed by atoms with Gasteiger partial charge in [-0.2, -0.15) is 0 Å². The molecular formula is C8H12O2S2. The quantitative estimate of drug-likeness (QED) is 0.551. The number of thioether (sulfide) groups is 1. The minimum absolute atomic E-state index is 0.103. The molecule has 2 nitrogen and oxygen atoms in total. The third kappa shape index (κ3) is 7.75. The Morgan fingerprint density at radius 2 is 2.25 bits per heavy atom. The first kappa shape index (κ1) is 11.6. The molecule has 0 heterocycles. The summed E-state index contributed by atoms with van der Waals surface area (Å²) in [6, 6.07) is 0. The van der Waals surface area contributed by atoms with E-state index >= 15 is 0 Å². The molecule has 0 aliphatic carbocycles. The van der Waals surface area contributed by atoms with Gasteiger partial charge in [0.15, 0.2) is 0 Å². The van der Waals surface area contributed by atoms with Gasteiger partial charge in [0, 0.05) is 4.20 Å². The largest absolute Gasteiger partial charge is 0.481 e. The van der Waals surface area contributed by atoms with Gasteiger partial charge in [-0.05, 0) is 19.1 Å². The molecule has 0 aliphatic rings. The summed E-state index contributed by atoms with van der Waals surface area (Å²) >= 11 is 6.54. The fourth-order valence-corrected chi connectivity index (χ4v) is 1.05. The highest BCUT2D eigenvalue weighted by Gasteiger charge is 1.91. The van der Waals surface area contributed by atoms with Crippen LogP contribution in [0.1, 0.15) is 19.3 Å². The summed E-state index contributed by atoms with van der Waals surface area (Å²) < 4.78 is 0.968. The maximum Gasteiger partial charge on any atom is 0.307 e. The first-order valence-corrected chi connectivity index (χ1v) is 5.23. The van der Waals surface area contributed by atoms with Crippen molar-refractivity contribution in [3.63, 3.8) is 0 Å². The Hall–Kier alpha value is -0.350. The van der Waals surface area contributed by atoms with Gasteiger partial charge in [-0.15, -0.1) is 11.8 Å². The predicted molar refractivity (Wildman–Crippen MR) is 56.7 cm³/mol. The van der Waals surface area contributed by atoms with Crippen LogP contribution in [-0.2, 0) is 4.79 Å². The Bertz CT molecular complexity index is 187. The Balaban J connectivity index is 3.36. The molecule has 0 aromatic rings. The molecule has 0 unspecified atom stereocenters. The van der Waals surface area contributed by atoms with E-state index in [2.05, 4.69) is 0 Å². The second kappa shape index (κ2) is 7.31. The van der Waals surface area contributed by atoms with E-state index in [1.54, 1.807) is 17.8 Å². The van der Waals surface area contributed by atoms with E-state index in [1.165, 1.54) is 0 Å². The van der Waals surface area contributed by atoms with E-state index in [1.807, 2.05) is 12.3 Å². The van der Waals surface area contributed by atoms with Crippen molar-refractivity contribution in [1.82, 2.24) is 0 Å². The van der Waals surface area contributed by atoms with E-state index in [4.69, 9.17) is 17.3 Å². The molecule has 0 bridgehead atoms. The van der Waals surface area contributed by atoms with Crippen molar-refractivity contribution in [2.45, 2.75) is 19.3 Å². The smallest absolute Gasteiger partial charge is 0.307 e. The van der Waals surface area contributed by atoms with Gasteiger partial charge in [-0.25, -0.2) is 0 Å². The molecule has 0 rings (SSSR count). The molecule has 0 atom stereocenters. The van der Waals surface area contributed by atoms with Gasteiger partial charge in [-0.3, -0.25) is 4.79 Å². The summed E-state index contributed by atoms with van der Waals surface area (Å²) in [6.45, 7) is 0. The van der Waals surface area contributed by atoms with Gasteiger partial charge in [-0.1, -0.05) is 24.4 Å². The van der Waals surface area contributed by atoms with Crippen LogP contribution in [0.15, 0.2) is 12.2 Å². The number of rotatable bonds is 5. The summed E-state index contributed by atoms with van der Waals surface area (Å²) in [6.07, 6.45) is 7.26. The Labute approximate surface area is 82.0 Å². The average molecular weight is 204 g/mol. The van der Waals surface area contributed by atoms with Crippen LogP contribution >= 0.6 is 24.0 Å². The van der Waals surface area contributed by atoms with Gasteiger partial charge in [0.2, 0.25) is 0 Å². The van der Waals surface area contributed by atoms with Crippen molar-refractivity contribution in [3.8, 4) is 0 Å². The van der Waals surface area contributed by atoms with Gasteiger partial charge >= 0.3 is 5.97 Å². The third-order valence-electron chi connectivity index (χ3n) is 1.20. The number of hydrogen-bond acceptors (Lipinski definition) is 3. The van der Waals surface area contributed by atoms with Crippen LogP contribution in [0.4, 0.5) is 0 Å². The van der Waals surface area contributed by atoms with Crippen molar-refractivity contribution < 1.29 is 9.90 Å². The van der Waals surface area contributed by atoms with E-state index in [0.29, 0.717) is 0 Å². The number of carboxylic acid groups (broad SMARTS) is 1. The molecule has 0 saturated heterocycles. The van der Waals surface area contributed by atoms with Crippen molar-refractivity contribution in [1.29, 1.82) is 0 Å². The van der Waals surface area contributed by atoms with Crippen molar-refractivity contribution >= 4 is 34.1 Å². The number of carbonyl (C=O) groups is 1. The number of carboxylic acids is 1. The highest BCUT2D eigenvalue weighted by atomic mass is 32.2. The lowest BCUT2D eigenvalue weighted by Crippen LogP contribution is -1.90. The first-order chi connectivity index (χ1) is 5.66. The van der Waals surface area contributed by atoms with Crippen LogP contribution in [0.5, 0.6) is 0 Å². The van der Waals surface area contributed by atoms with Gasteiger partial charge in [0.25, 0.3) is 0 Å². The minimum Gasteiger partial charge on any atom is -0.481 e. The number of allylic oxidation sites excluding steroid dienone is 1. The normalized spacial score (nSPS) is 10.4. The lowest BCUT2D eigenvalue weighted by Gasteiger charge is -1.93. The maximum atomic E-state index is 10.1. The van der Waals surface area contributed by atoms with E-state index in [9.17, 15) is 4.79 Å². The second-order valence-corrected chi connectivity index (χ2v) is 3.84. The third-order valence-corrected chi connectivity index (χ3v) is 2.57. The molecule has 0 aliphatic heterocycles. The Kier molecular flexibility index (Phi) is 7.09. The number of aliphatic carboxylic acids is 1. The monoisotopic (exact) mass is 204 g/mol. The fourth-order valence-electron chi connectivity index (χ4n) is 0.605. The molecule has 12 heavy (non-hydrogen) atoms. The lowest BCUT2D eigenvalue weighted by atomic mass is 10.3. The average Bonchev–Trinajstić information content (AvgIpc) is 2.03. The number of thiocarbonyl (C=S) groups is 1. The SMILES string of the molecule is CSC(=S)CCC=CCC(=O)O. The molecule has 0 radical (unpaired) electrons. The summed E-state index contributed by atoms with van der Waals surface area (Å²) in [5.74, 6) is -0.793.